The Labute approximate surface area is 132 Å². The molecule has 110 valence electrons. The van der Waals surface area contributed by atoms with Gasteiger partial charge in [0.05, 0.1) is 0 Å². The van der Waals surface area contributed by atoms with Crippen LogP contribution in [-0.2, 0) is 16.0 Å². The summed E-state index contributed by atoms with van der Waals surface area (Å²) < 4.78 is 7.00. The van der Waals surface area contributed by atoms with Gasteiger partial charge in [-0.05, 0) is 0 Å². The summed E-state index contributed by atoms with van der Waals surface area (Å²) >= 11 is -0.169. The van der Waals surface area contributed by atoms with Crippen molar-refractivity contribution in [3.05, 3.63) is 66.2 Å². The van der Waals surface area contributed by atoms with E-state index < -0.39 is 0 Å². The zero-order valence-electron chi connectivity index (χ0n) is 12.2. The fourth-order valence-electron chi connectivity index (χ4n) is 2.08. The summed E-state index contributed by atoms with van der Waals surface area (Å²) in [6, 6.07) is 20.2. The number of rotatable bonds is 8. The predicted molar refractivity (Wildman–Crippen MR) is 87.0 cm³/mol. The van der Waals surface area contributed by atoms with E-state index in [-0.39, 0.29) is 25.7 Å². The number of carbonyl (C=O) groups is 1. The molecule has 21 heavy (non-hydrogen) atoms. The van der Waals surface area contributed by atoms with Crippen LogP contribution in [-0.4, -0.2) is 32.3 Å². The van der Waals surface area contributed by atoms with E-state index in [0.29, 0.717) is 6.61 Å². The second-order valence-corrected chi connectivity index (χ2v) is 6.96. The van der Waals surface area contributed by atoms with Crippen LogP contribution in [0, 0.1) is 0 Å². The second-order valence-electron chi connectivity index (χ2n) is 4.70. The van der Waals surface area contributed by atoms with Gasteiger partial charge in [-0.15, -0.1) is 0 Å². The third kappa shape index (κ3) is 5.47. The van der Waals surface area contributed by atoms with Crippen LogP contribution < -0.4 is 4.46 Å². The molecule has 2 nitrogen and oxygen atoms in total. The maximum absolute atomic E-state index is 12.4. The first kappa shape index (κ1) is 16.0. The summed E-state index contributed by atoms with van der Waals surface area (Å²) in [7, 11) is 0. The molecule has 0 saturated heterocycles. The van der Waals surface area contributed by atoms with Crippen LogP contribution in [0.15, 0.2) is 60.7 Å². The van der Waals surface area contributed by atoms with Gasteiger partial charge in [-0.2, -0.15) is 0 Å². The van der Waals surface area contributed by atoms with Gasteiger partial charge in [-0.25, -0.2) is 0 Å². The Bertz CT molecular complexity index is 540. The summed E-state index contributed by atoms with van der Waals surface area (Å²) in [5.74, 6) is 0. The van der Waals surface area contributed by atoms with Crippen molar-refractivity contribution >= 4 is 24.1 Å². The molecule has 0 amide bonds. The standard InChI is InChI=1S/C18H20O2Se/c1-2-20-17(14-13-15-9-5-3-6-10-15)18(19)21-16-11-7-4-8-12-16/h3-12,17H,2,13-14H2,1H3. The van der Waals surface area contributed by atoms with Crippen LogP contribution in [0.1, 0.15) is 18.9 Å². The number of carbonyl (C=O) groups excluding carboxylic acids is 1. The summed E-state index contributed by atoms with van der Waals surface area (Å²) in [4.78, 5) is 12.4. The van der Waals surface area contributed by atoms with E-state index in [9.17, 15) is 4.79 Å². The quantitative estimate of drug-likeness (QED) is 0.686. The molecule has 0 N–H and O–H groups in total. The number of hydrogen-bond donors (Lipinski definition) is 0. The molecule has 0 saturated carbocycles. The van der Waals surface area contributed by atoms with E-state index in [2.05, 4.69) is 12.1 Å². The first-order chi connectivity index (χ1) is 10.3. The van der Waals surface area contributed by atoms with Gasteiger partial charge in [0, 0.05) is 0 Å². The predicted octanol–water partition coefficient (Wildman–Crippen LogP) is 2.58. The first-order valence-electron chi connectivity index (χ1n) is 7.22. The molecule has 0 bridgehead atoms. The summed E-state index contributed by atoms with van der Waals surface area (Å²) in [6.07, 6.45) is 1.35. The Kier molecular flexibility index (Phi) is 6.68. The Morgan fingerprint density at radius 3 is 2.29 bits per heavy atom. The molecular formula is C18H20O2Se. The zero-order valence-corrected chi connectivity index (χ0v) is 13.9. The molecule has 2 rings (SSSR count). The molecule has 1 atom stereocenters. The molecule has 3 heteroatoms. The van der Waals surface area contributed by atoms with Gasteiger partial charge in [0.2, 0.25) is 0 Å². The van der Waals surface area contributed by atoms with E-state index in [1.165, 1.54) is 5.56 Å². The van der Waals surface area contributed by atoms with E-state index in [1.807, 2.05) is 55.5 Å². The summed E-state index contributed by atoms with van der Waals surface area (Å²) in [5.41, 5.74) is 1.25. The van der Waals surface area contributed by atoms with Crippen molar-refractivity contribution in [2.24, 2.45) is 0 Å². The van der Waals surface area contributed by atoms with Crippen LogP contribution in [0.5, 0.6) is 0 Å². The van der Waals surface area contributed by atoms with Crippen LogP contribution in [0.3, 0.4) is 0 Å². The van der Waals surface area contributed by atoms with Gasteiger partial charge < -0.3 is 0 Å². The number of aryl methyl sites for hydroxylation is 1. The van der Waals surface area contributed by atoms with Crippen molar-refractivity contribution in [2.75, 3.05) is 6.61 Å². The van der Waals surface area contributed by atoms with Crippen molar-refractivity contribution in [3.63, 3.8) is 0 Å². The first-order valence-corrected chi connectivity index (χ1v) is 8.93. The molecule has 0 aliphatic heterocycles. The van der Waals surface area contributed by atoms with Crippen molar-refractivity contribution in [2.45, 2.75) is 25.9 Å². The molecule has 0 heterocycles. The topological polar surface area (TPSA) is 26.3 Å². The average molecular weight is 347 g/mol. The Hall–Kier alpha value is -1.41. The van der Waals surface area contributed by atoms with E-state index >= 15 is 0 Å². The van der Waals surface area contributed by atoms with Crippen molar-refractivity contribution < 1.29 is 9.53 Å². The third-order valence-corrected chi connectivity index (χ3v) is 5.17. The van der Waals surface area contributed by atoms with Gasteiger partial charge in [0.1, 0.15) is 0 Å². The summed E-state index contributed by atoms with van der Waals surface area (Å²) in [6.45, 7) is 2.52. The molecule has 0 aliphatic rings. The molecule has 2 aromatic carbocycles. The van der Waals surface area contributed by atoms with E-state index in [1.54, 1.807) is 0 Å². The van der Waals surface area contributed by atoms with Gasteiger partial charge >= 0.3 is 132 Å². The van der Waals surface area contributed by atoms with Crippen molar-refractivity contribution in [1.82, 2.24) is 0 Å². The van der Waals surface area contributed by atoms with Crippen molar-refractivity contribution in [3.8, 4) is 0 Å². The monoisotopic (exact) mass is 348 g/mol. The minimum absolute atomic E-state index is 0.169. The molecule has 0 aliphatic carbocycles. The van der Waals surface area contributed by atoms with E-state index in [4.69, 9.17) is 4.74 Å². The van der Waals surface area contributed by atoms with Crippen molar-refractivity contribution in [1.29, 1.82) is 0 Å². The average Bonchev–Trinajstić information content (AvgIpc) is 2.53. The fraction of sp³-hybridized carbons (Fsp3) is 0.278. The van der Waals surface area contributed by atoms with Crippen LogP contribution in [0.2, 0.25) is 0 Å². The van der Waals surface area contributed by atoms with Crippen LogP contribution in [0.25, 0.3) is 0 Å². The maximum atomic E-state index is 12.4. The zero-order chi connectivity index (χ0) is 14.9. The number of hydrogen-bond acceptors (Lipinski definition) is 2. The van der Waals surface area contributed by atoms with E-state index in [0.717, 1.165) is 17.3 Å². The number of ether oxygens (including phenoxy) is 1. The summed E-state index contributed by atoms with van der Waals surface area (Å²) in [5, 5.41) is 0. The van der Waals surface area contributed by atoms with Gasteiger partial charge in [0.15, 0.2) is 0 Å². The SMILES string of the molecule is CCOC(CCc1ccccc1)C(=O)[Se]c1ccccc1. The fourth-order valence-corrected chi connectivity index (χ4v) is 3.85. The van der Waals surface area contributed by atoms with Crippen LogP contribution in [0.4, 0.5) is 0 Å². The minimum atomic E-state index is -0.282. The second kappa shape index (κ2) is 8.78. The molecule has 0 fully saturated rings. The molecular weight excluding hydrogens is 327 g/mol. The molecule has 0 radical (unpaired) electrons. The molecule has 0 spiro atoms. The normalized spacial score (nSPS) is 12.0. The van der Waals surface area contributed by atoms with Gasteiger partial charge in [-0.1, -0.05) is 0 Å². The molecule has 0 aromatic heterocycles. The Balaban J connectivity index is 1.93. The van der Waals surface area contributed by atoms with Gasteiger partial charge in [0.25, 0.3) is 0 Å². The Morgan fingerprint density at radius 1 is 1.05 bits per heavy atom. The van der Waals surface area contributed by atoms with Gasteiger partial charge in [-0.3, -0.25) is 0 Å². The van der Waals surface area contributed by atoms with Crippen LogP contribution >= 0.6 is 0 Å². The molecule has 1 unspecified atom stereocenters. The Morgan fingerprint density at radius 2 is 1.67 bits per heavy atom. The third-order valence-electron chi connectivity index (χ3n) is 3.13. The molecule has 2 aromatic rings. The number of benzene rings is 2.